The molecule has 0 radical (unpaired) electrons. The molecule has 0 aromatic heterocycles. The Balaban J connectivity index is 2.03. The van der Waals surface area contributed by atoms with Crippen molar-refractivity contribution in [2.24, 2.45) is 0 Å². The molecule has 0 aliphatic carbocycles. The van der Waals surface area contributed by atoms with Crippen molar-refractivity contribution >= 4 is 11.3 Å². The molecule has 2 nitrogen and oxygen atoms in total. The molecule has 118 valence electrons. The maximum atomic E-state index is 6.25. The lowest BCUT2D eigenvalue weighted by molar-refractivity contribution is 0.223. The maximum absolute atomic E-state index is 6.25. The Kier molecular flexibility index (Phi) is 2.90. The van der Waals surface area contributed by atoms with E-state index >= 15 is 0 Å². The molecule has 2 aromatic carbocycles. The molecule has 1 atom stereocenters. The highest BCUT2D eigenvalue weighted by molar-refractivity contribution is 5.90. The normalized spacial score (nSPS) is 20.4. The molecule has 2 aromatic rings. The lowest BCUT2D eigenvalue weighted by atomic mass is 9.81. The van der Waals surface area contributed by atoms with Crippen LogP contribution in [0.25, 0.3) is 16.7 Å². The van der Waals surface area contributed by atoms with Crippen molar-refractivity contribution in [1.29, 1.82) is 0 Å². The van der Waals surface area contributed by atoms with Crippen LogP contribution >= 0.6 is 0 Å². The number of benzene rings is 2. The first-order valence-electron chi connectivity index (χ1n) is 8.29. The van der Waals surface area contributed by atoms with Crippen LogP contribution in [0.4, 0.5) is 5.69 Å². The van der Waals surface area contributed by atoms with Gasteiger partial charge in [0.05, 0.1) is 5.54 Å². The van der Waals surface area contributed by atoms with Gasteiger partial charge in [-0.1, -0.05) is 24.3 Å². The van der Waals surface area contributed by atoms with E-state index in [1.54, 1.807) is 0 Å². The number of hydrogen-bond donors (Lipinski definition) is 1. The summed E-state index contributed by atoms with van der Waals surface area (Å²) in [5.41, 5.74) is 8.95. The van der Waals surface area contributed by atoms with Gasteiger partial charge in [0.1, 0.15) is 11.9 Å². The van der Waals surface area contributed by atoms with E-state index in [2.05, 4.69) is 76.3 Å². The maximum Gasteiger partial charge on any atom is 0.128 e. The van der Waals surface area contributed by atoms with Crippen molar-refractivity contribution < 1.29 is 4.74 Å². The number of aryl methyl sites for hydroxylation is 1. The smallest absolute Gasteiger partial charge is 0.128 e. The predicted octanol–water partition coefficient (Wildman–Crippen LogP) is 5.72. The third kappa shape index (κ3) is 2.08. The third-order valence-electron chi connectivity index (χ3n) is 4.89. The van der Waals surface area contributed by atoms with Gasteiger partial charge in [-0.05, 0) is 63.5 Å². The highest BCUT2D eigenvalue weighted by Crippen LogP contribution is 2.49. The van der Waals surface area contributed by atoms with Crippen molar-refractivity contribution in [2.45, 2.75) is 46.3 Å². The summed E-state index contributed by atoms with van der Waals surface area (Å²) < 4.78 is 6.25. The van der Waals surface area contributed by atoms with Crippen LogP contribution in [0.15, 0.2) is 36.4 Å². The number of fused-ring (bicyclic) bond motifs is 5. The zero-order valence-electron chi connectivity index (χ0n) is 14.4. The highest BCUT2D eigenvalue weighted by atomic mass is 16.5. The van der Waals surface area contributed by atoms with E-state index in [1.807, 2.05) is 0 Å². The average Bonchev–Trinajstić information content (AvgIpc) is 2.45. The van der Waals surface area contributed by atoms with Crippen LogP contribution in [0.5, 0.6) is 5.75 Å². The summed E-state index contributed by atoms with van der Waals surface area (Å²) in [6.07, 6.45) is 2.37. The fourth-order valence-corrected chi connectivity index (χ4v) is 4.12. The molecule has 0 bridgehead atoms. The van der Waals surface area contributed by atoms with Crippen molar-refractivity contribution in [2.75, 3.05) is 5.32 Å². The molecule has 0 amide bonds. The monoisotopic (exact) mass is 305 g/mol. The van der Waals surface area contributed by atoms with Crippen LogP contribution < -0.4 is 10.1 Å². The first-order chi connectivity index (χ1) is 10.9. The Morgan fingerprint density at radius 3 is 2.61 bits per heavy atom. The molecular weight excluding hydrogens is 282 g/mol. The first-order valence-corrected chi connectivity index (χ1v) is 8.29. The molecule has 0 spiro atoms. The van der Waals surface area contributed by atoms with Gasteiger partial charge in [0, 0.05) is 22.4 Å². The number of allylic oxidation sites excluding steroid dienone is 1. The molecule has 2 heterocycles. The third-order valence-corrected chi connectivity index (χ3v) is 4.89. The quantitative estimate of drug-likeness (QED) is 0.672. The van der Waals surface area contributed by atoms with Gasteiger partial charge in [-0.25, -0.2) is 0 Å². The first kappa shape index (κ1) is 14.4. The topological polar surface area (TPSA) is 21.3 Å². The summed E-state index contributed by atoms with van der Waals surface area (Å²) in [7, 11) is 0. The van der Waals surface area contributed by atoms with Crippen molar-refractivity contribution in [3.63, 3.8) is 0 Å². The Hall–Kier alpha value is -2.22. The van der Waals surface area contributed by atoms with E-state index < -0.39 is 0 Å². The molecule has 0 saturated heterocycles. The van der Waals surface area contributed by atoms with Crippen molar-refractivity contribution in [3.8, 4) is 16.9 Å². The summed E-state index contributed by atoms with van der Waals surface area (Å²) in [6.45, 7) is 10.9. The number of anilines is 1. The Bertz CT molecular complexity index is 845. The van der Waals surface area contributed by atoms with E-state index in [1.165, 1.54) is 39.1 Å². The average molecular weight is 305 g/mol. The number of rotatable bonds is 0. The van der Waals surface area contributed by atoms with E-state index in [0.29, 0.717) is 0 Å². The summed E-state index contributed by atoms with van der Waals surface area (Å²) in [5, 5.41) is 3.64. The minimum atomic E-state index is -0.0160. The van der Waals surface area contributed by atoms with E-state index in [9.17, 15) is 0 Å². The highest BCUT2D eigenvalue weighted by Gasteiger charge is 2.32. The minimum Gasteiger partial charge on any atom is -0.485 e. The van der Waals surface area contributed by atoms with Crippen LogP contribution in [-0.2, 0) is 0 Å². The van der Waals surface area contributed by atoms with Gasteiger partial charge in [-0.2, -0.15) is 0 Å². The molecule has 0 fully saturated rings. The summed E-state index contributed by atoms with van der Waals surface area (Å²) in [4.78, 5) is 0. The van der Waals surface area contributed by atoms with Gasteiger partial charge < -0.3 is 10.1 Å². The molecule has 1 N–H and O–H groups in total. The molecule has 0 saturated carbocycles. The number of ether oxygens (including phenoxy) is 1. The molecule has 23 heavy (non-hydrogen) atoms. The lowest BCUT2D eigenvalue weighted by Crippen LogP contribution is -2.32. The van der Waals surface area contributed by atoms with Gasteiger partial charge in [0.25, 0.3) is 0 Å². The zero-order valence-corrected chi connectivity index (χ0v) is 14.4. The fraction of sp³-hybridized carbons (Fsp3) is 0.333. The minimum absolute atomic E-state index is 0.0160. The molecule has 2 aliphatic heterocycles. The molecule has 4 rings (SSSR count). The van der Waals surface area contributed by atoms with Crippen LogP contribution in [-0.4, -0.2) is 5.54 Å². The van der Waals surface area contributed by atoms with Gasteiger partial charge in [0.15, 0.2) is 0 Å². The van der Waals surface area contributed by atoms with Gasteiger partial charge >= 0.3 is 0 Å². The van der Waals surface area contributed by atoms with Crippen LogP contribution in [0, 0.1) is 6.92 Å². The second kappa shape index (κ2) is 4.64. The molecular formula is C21H23NO. The molecule has 2 heteroatoms. The zero-order chi connectivity index (χ0) is 16.4. The number of nitrogens with one attached hydrogen (secondary N) is 1. The van der Waals surface area contributed by atoms with E-state index in [4.69, 9.17) is 4.74 Å². The van der Waals surface area contributed by atoms with Crippen molar-refractivity contribution in [3.05, 3.63) is 53.1 Å². The predicted molar refractivity (Wildman–Crippen MR) is 97.0 cm³/mol. The summed E-state index contributed by atoms with van der Waals surface area (Å²) in [6, 6.07) is 10.8. The van der Waals surface area contributed by atoms with E-state index in [0.717, 1.165) is 5.75 Å². The van der Waals surface area contributed by atoms with Crippen LogP contribution in [0.2, 0.25) is 0 Å². The molecule has 2 aliphatic rings. The second-order valence-corrected chi connectivity index (χ2v) is 7.33. The summed E-state index contributed by atoms with van der Waals surface area (Å²) >= 11 is 0. The SMILES string of the molecule is CC1=CC(C)(C)Nc2ccc3c(c21)C(C)Oc1cccc(C)c1-3. The Morgan fingerprint density at radius 2 is 1.83 bits per heavy atom. The Morgan fingerprint density at radius 1 is 1.04 bits per heavy atom. The molecule has 1 unspecified atom stereocenters. The Labute approximate surface area is 138 Å². The standard InChI is InChI=1S/C21H23NO/c1-12-7-6-8-17-18(12)15-9-10-16-19(20(15)14(3)23-17)13(2)11-21(4,5)22-16/h6-11,14,22H,1-5H3. The lowest BCUT2D eigenvalue weighted by Gasteiger charge is -2.36. The van der Waals surface area contributed by atoms with Gasteiger partial charge in [0.2, 0.25) is 0 Å². The van der Waals surface area contributed by atoms with Crippen LogP contribution in [0.1, 0.15) is 50.5 Å². The van der Waals surface area contributed by atoms with Crippen molar-refractivity contribution in [1.82, 2.24) is 0 Å². The van der Waals surface area contributed by atoms with Gasteiger partial charge in [-0.3, -0.25) is 0 Å². The largest absolute Gasteiger partial charge is 0.485 e. The second-order valence-electron chi connectivity index (χ2n) is 7.33. The van der Waals surface area contributed by atoms with E-state index in [-0.39, 0.29) is 11.6 Å². The fourth-order valence-electron chi connectivity index (χ4n) is 4.12. The number of hydrogen-bond acceptors (Lipinski definition) is 2. The summed E-state index contributed by atoms with van der Waals surface area (Å²) in [5.74, 6) is 0.996. The van der Waals surface area contributed by atoms with Crippen LogP contribution in [0.3, 0.4) is 0 Å². The van der Waals surface area contributed by atoms with Gasteiger partial charge in [-0.15, -0.1) is 0 Å².